The molecule has 1 aromatic carbocycles. The molecule has 0 saturated carbocycles. The van der Waals surface area contributed by atoms with Gasteiger partial charge < -0.3 is 19.9 Å². The Hall–Kier alpha value is -3.95. The average Bonchev–Trinajstić information content (AvgIpc) is 2.87. The van der Waals surface area contributed by atoms with Gasteiger partial charge in [0, 0.05) is 5.69 Å². The van der Waals surface area contributed by atoms with E-state index in [1.807, 2.05) is 13.8 Å². The summed E-state index contributed by atoms with van der Waals surface area (Å²) in [5, 5.41) is 20.0. The lowest BCUT2D eigenvalue weighted by atomic mass is 9.83. The third-order valence-electron chi connectivity index (χ3n) is 5.52. The van der Waals surface area contributed by atoms with Gasteiger partial charge in [-0.25, -0.2) is 9.78 Å². The lowest BCUT2D eigenvalue weighted by Gasteiger charge is -2.28. The summed E-state index contributed by atoms with van der Waals surface area (Å²) in [6.45, 7) is 5.77. The van der Waals surface area contributed by atoms with E-state index in [1.165, 1.54) is 11.8 Å². The van der Waals surface area contributed by atoms with E-state index < -0.39 is 11.9 Å². The molecule has 2 aromatic rings. The molecule has 0 bridgehead atoms. The number of hydrogen-bond donors (Lipinski definition) is 1. The summed E-state index contributed by atoms with van der Waals surface area (Å²) in [7, 11) is 1.56. The standard InChI is InChI=1S/C26H26N4O4S/c1-5-20-15(3)11-17(12-27)25(30-20)35-14-21-23(26(31)33-6-2)22(19(13-28)24(29)34-21)16-7-9-18(32-4)10-8-16/h7-11,22H,5-6,14,29H2,1-4H3. The monoisotopic (exact) mass is 490 g/mol. The Bertz CT molecular complexity index is 1270. The molecule has 0 amide bonds. The van der Waals surface area contributed by atoms with Crippen molar-refractivity contribution in [3.05, 3.63) is 75.5 Å². The molecule has 0 radical (unpaired) electrons. The number of pyridine rings is 1. The van der Waals surface area contributed by atoms with Crippen LogP contribution >= 0.6 is 11.8 Å². The largest absolute Gasteiger partial charge is 0.497 e. The highest BCUT2D eigenvalue weighted by Crippen LogP contribution is 2.41. The fourth-order valence-electron chi connectivity index (χ4n) is 3.80. The first kappa shape index (κ1) is 25.7. The molecule has 9 heteroatoms. The number of methoxy groups -OCH3 is 1. The first-order valence-corrected chi connectivity index (χ1v) is 12.0. The third kappa shape index (κ3) is 5.42. The normalized spacial score (nSPS) is 15.2. The van der Waals surface area contributed by atoms with Crippen LogP contribution in [0.25, 0.3) is 0 Å². The zero-order valence-corrected chi connectivity index (χ0v) is 20.9. The summed E-state index contributed by atoms with van der Waals surface area (Å²) in [5.74, 6) is -0.403. The lowest BCUT2D eigenvalue weighted by molar-refractivity contribution is -0.139. The van der Waals surface area contributed by atoms with E-state index >= 15 is 0 Å². The van der Waals surface area contributed by atoms with Crippen molar-refractivity contribution in [2.24, 2.45) is 5.73 Å². The van der Waals surface area contributed by atoms with Gasteiger partial charge in [0.1, 0.15) is 34.2 Å². The van der Waals surface area contributed by atoms with Crippen LogP contribution in [0.2, 0.25) is 0 Å². The molecule has 1 unspecified atom stereocenters. The first-order valence-electron chi connectivity index (χ1n) is 11.0. The van der Waals surface area contributed by atoms with Gasteiger partial charge in [-0.2, -0.15) is 10.5 Å². The van der Waals surface area contributed by atoms with Gasteiger partial charge >= 0.3 is 5.97 Å². The number of rotatable bonds is 8. The van der Waals surface area contributed by atoms with Crippen LogP contribution in [0.15, 0.2) is 58.1 Å². The number of hydrogen-bond acceptors (Lipinski definition) is 9. The number of nitrogens with two attached hydrogens (primary N) is 1. The molecule has 8 nitrogen and oxygen atoms in total. The highest BCUT2D eigenvalue weighted by atomic mass is 32.2. The molecule has 0 fully saturated rings. The summed E-state index contributed by atoms with van der Waals surface area (Å²) in [6.07, 6.45) is 0.721. The molecular weight excluding hydrogens is 464 g/mol. The molecule has 1 aromatic heterocycles. The summed E-state index contributed by atoms with van der Waals surface area (Å²) < 4.78 is 16.4. The van der Waals surface area contributed by atoms with E-state index in [0.717, 1.165) is 17.7 Å². The second kappa shape index (κ2) is 11.5. The Kier molecular flexibility index (Phi) is 8.40. The van der Waals surface area contributed by atoms with Crippen molar-refractivity contribution in [1.82, 2.24) is 4.98 Å². The quantitative estimate of drug-likeness (QED) is 0.426. The number of benzene rings is 1. The summed E-state index contributed by atoms with van der Waals surface area (Å²) >= 11 is 1.26. The molecule has 35 heavy (non-hydrogen) atoms. The Morgan fingerprint density at radius 1 is 1.23 bits per heavy atom. The maximum absolute atomic E-state index is 13.1. The van der Waals surface area contributed by atoms with Gasteiger partial charge in [-0.3, -0.25) is 0 Å². The minimum atomic E-state index is -0.776. The Morgan fingerprint density at radius 3 is 2.51 bits per heavy atom. The van der Waals surface area contributed by atoms with Gasteiger partial charge in [0.25, 0.3) is 0 Å². The maximum Gasteiger partial charge on any atom is 0.338 e. The second-order valence-electron chi connectivity index (χ2n) is 7.61. The molecule has 180 valence electrons. The molecule has 3 rings (SSSR count). The first-order chi connectivity index (χ1) is 16.9. The van der Waals surface area contributed by atoms with Crippen molar-refractivity contribution in [2.75, 3.05) is 19.5 Å². The van der Waals surface area contributed by atoms with Crippen molar-refractivity contribution in [1.29, 1.82) is 10.5 Å². The molecule has 1 aliphatic rings. The van der Waals surface area contributed by atoms with Gasteiger partial charge in [0.2, 0.25) is 5.88 Å². The molecule has 2 N–H and O–H groups in total. The van der Waals surface area contributed by atoms with Crippen LogP contribution in [-0.4, -0.2) is 30.4 Å². The number of aryl methyl sites for hydroxylation is 2. The van der Waals surface area contributed by atoms with Crippen molar-refractivity contribution >= 4 is 17.7 Å². The lowest BCUT2D eigenvalue weighted by Crippen LogP contribution is -2.27. The molecule has 0 saturated heterocycles. The van der Waals surface area contributed by atoms with E-state index in [2.05, 4.69) is 17.1 Å². The van der Waals surface area contributed by atoms with Gasteiger partial charge in [0.15, 0.2) is 0 Å². The van der Waals surface area contributed by atoms with Gasteiger partial charge in [-0.15, -0.1) is 0 Å². The predicted molar refractivity (Wildman–Crippen MR) is 131 cm³/mol. The molecule has 0 aliphatic carbocycles. The fraction of sp³-hybridized carbons (Fsp3) is 0.308. The summed E-state index contributed by atoms with van der Waals surface area (Å²) in [6, 6.07) is 13.1. The SMILES string of the molecule is CCOC(=O)C1=C(CSc2nc(CC)c(C)cc2C#N)OC(N)=C(C#N)C1c1ccc(OC)cc1. The van der Waals surface area contributed by atoms with Crippen molar-refractivity contribution in [3.63, 3.8) is 0 Å². The van der Waals surface area contributed by atoms with Gasteiger partial charge in [0.05, 0.1) is 36.5 Å². The second-order valence-corrected chi connectivity index (χ2v) is 8.58. The fourth-order valence-corrected chi connectivity index (χ4v) is 4.72. The number of carbonyl (C=O) groups excluding carboxylic acids is 1. The Morgan fingerprint density at radius 2 is 1.94 bits per heavy atom. The minimum absolute atomic E-state index is 0.0800. The average molecular weight is 491 g/mol. The van der Waals surface area contributed by atoms with E-state index in [9.17, 15) is 15.3 Å². The summed E-state index contributed by atoms with van der Waals surface area (Å²) in [4.78, 5) is 17.8. The number of thioether (sulfide) groups is 1. The van der Waals surface area contributed by atoms with Crippen LogP contribution in [-0.2, 0) is 20.7 Å². The smallest absolute Gasteiger partial charge is 0.338 e. The zero-order chi connectivity index (χ0) is 25.5. The number of carbonyl (C=O) groups is 1. The highest BCUT2D eigenvalue weighted by Gasteiger charge is 2.37. The molecule has 1 atom stereocenters. The van der Waals surface area contributed by atoms with Crippen LogP contribution in [0.3, 0.4) is 0 Å². The van der Waals surface area contributed by atoms with Crippen LogP contribution in [0, 0.1) is 29.6 Å². The molecule has 0 spiro atoms. The van der Waals surface area contributed by atoms with Crippen molar-refractivity contribution < 1.29 is 19.0 Å². The van der Waals surface area contributed by atoms with Gasteiger partial charge in [-0.05, 0) is 49.6 Å². The van der Waals surface area contributed by atoms with Crippen LogP contribution < -0.4 is 10.5 Å². The predicted octanol–water partition coefficient (Wildman–Crippen LogP) is 4.25. The van der Waals surface area contributed by atoms with Crippen LogP contribution in [0.4, 0.5) is 0 Å². The van der Waals surface area contributed by atoms with E-state index in [1.54, 1.807) is 44.4 Å². The number of aromatic nitrogens is 1. The maximum atomic E-state index is 13.1. The molecule has 1 aliphatic heterocycles. The Balaban J connectivity index is 2.10. The zero-order valence-electron chi connectivity index (χ0n) is 20.0. The van der Waals surface area contributed by atoms with Crippen molar-refractivity contribution in [2.45, 2.75) is 38.1 Å². The third-order valence-corrected chi connectivity index (χ3v) is 6.51. The van der Waals surface area contributed by atoms with Crippen LogP contribution in [0.1, 0.15) is 42.1 Å². The molecular formula is C26H26N4O4S. The van der Waals surface area contributed by atoms with Crippen molar-refractivity contribution in [3.8, 4) is 17.9 Å². The number of esters is 1. The Labute approximate surface area is 209 Å². The van der Waals surface area contributed by atoms with Crippen LogP contribution in [0.5, 0.6) is 5.75 Å². The number of nitrogens with zero attached hydrogens (tertiary/aromatic N) is 3. The molecule has 2 heterocycles. The van der Waals surface area contributed by atoms with E-state index in [4.69, 9.17) is 19.9 Å². The van der Waals surface area contributed by atoms with E-state index in [0.29, 0.717) is 21.9 Å². The highest BCUT2D eigenvalue weighted by molar-refractivity contribution is 7.99. The number of nitriles is 2. The number of ether oxygens (including phenoxy) is 3. The topological polar surface area (TPSA) is 131 Å². The summed E-state index contributed by atoms with van der Waals surface area (Å²) in [5.41, 5.74) is 9.38. The number of allylic oxidation sites excluding steroid dienone is 1. The minimum Gasteiger partial charge on any atom is -0.497 e. The van der Waals surface area contributed by atoms with E-state index in [-0.39, 0.29) is 35.1 Å². The van der Waals surface area contributed by atoms with Gasteiger partial charge in [-0.1, -0.05) is 30.8 Å².